The number of carbonyl (C=O) groups excluding carboxylic acids is 1. The minimum atomic E-state index is -0.279. The van der Waals surface area contributed by atoms with E-state index in [2.05, 4.69) is 0 Å². The van der Waals surface area contributed by atoms with Crippen LogP contribution < -0.4 is 9.64 Å². The van der Waals surface area contributed by atoms with Crippen molar-refractivity contribution >= 4 is 5.97 Å². The third kappa shape index (κ3) is 5.68. The van der Waals surface area contributed by atoms with Gasteiger partial charge < -0.3 is 14.4 Å². The molecular formula is C18H28NO3+. The first-order valence-electron chi connectivity index (χ1n) is 8.53. The van der Waals surface area contributed by atoms with Gasteiger partial charge in [0.2, 0.25) is 0 Å². The van der Waals surface area contributed by atoms with Gasteiger partial charge in [0.25, 0.3) is 0 Å². The lowest BCUT2D eigenvalue weighted by Gasteiger charge is -2.16. The van der Waals surface area contributed by atoms with Crippen LogP contribution in [0.2, 0.25) is 0 Å². The summed E-state index contributed by atoms with van der Waals surface area (Å²) in [7, 11) is 0. The van der Waals surface area contributed by atoms with Crippen molar-refractivity contribution in [1.29, 1.82) is 0 Å². The molecule has 22 heavy (non-hydrogen) atoms. The predicted molar refractivity (Wildman–Crippen MR) is 86.5 cm³/mol. The molecule has 0 aromatic heterocycles. The van der Waals surface area contributed by atoms with E-state index in [-0.39, 0.29) is 5.97 Å². The molecule has 0 spiro atoms. The van der Waals surface area contributed by atoms with Crippen molar-refractivity contribution in [2.75, 3.05) is 32.8 Å². The Labute approximate surface area is 133 Å². The van der Waals surface area contributed by atoms with E-state index in [4.69, 9.17) is 9.47 Å². The maximum atomic E-state index is 11.6. The first-order chi connectivity index (χ1) is 10.8. The molecule has 0 aliphatic carbocycles. The molecule has 4 nitrogen and oxygen atoms in total. The molecule has 0 saturated carbocycles. The molecule has 4 heteroatoms. The van der Waals surface area contributed by atoms with Crippen LogP contribution >= 0.6 is 0 Å². The highest BCUT2D eigenvalue weighted by atomic mass is 16.5. The summed E-state index contributed by atoms with van der Waals surface area (Å²) >= 11 is 0. The van der Waals surface area contributed by atoms with E-state index in [9.17, 15) is 4.79 Å². The van der Waals surface area contributed by atoms with Crippen molar-refractivity contribution in [3.63, 3.8) is 0 Å². The van der Waals surface area contributed by atoms with Gasteiger partial charge >= 0.3 is 5.97 Å². The summed E-state index contributed by atoms with van der Waals surface area (Å²) in [4.78, 5) is 13.3. The Morgan fingerprint density at radius 1 is 1.09 bits per heavy atom. The minimum absolute atomic E-state index is 0.279. The summed E-state index contributed by atoms with van der Waals surface area (Å²) in [6, 6.07) is 7.19. The lowest BCUT2D eigenvalue weighted by atomic mass is 10.2. The molecule has 0 amide bonds. The van der Waals surface area contributed by atoms with Crippen LogP contribution in [0.1, 0.15) is 49.4 Å². The van der Waals surface area contributed by atoms with Crippen molar-refractivity contribution in [3.05, 3.63) is 29.8 Å². The van der Waals surface area contributed by atoms with Gasteiger partial charge in [0.1, 0.15) is 5.75 Å². The monoisotopic (exact) mass is 306 g/mol. The summed E-state index contributed by atoms with van der Waals surface area (Å²) in [6.07, 6.45) is 6.60. The Bertz CT molecular complexity index is 436. The van der Waals surface area contributed by atoms with E-state index in [0.29, 0.717) is 12.2 Å². The second-order valence-corrected chi connectivity index (χ2v) is 5.86. The number of ether oxygens (including phenoxy) is 2. The largest absolute Gasteiger partial charge is 0.493 e. The van der Waals surface area contributed by atoms with Gasteiger partial charge in [-0.15, -0.1) is 0 Å². The molecule has 1 saturated heterocycles. The van der Waals surface area contributed by atoms with Crippen molar-refractivity contribution in [2.45, 2.75) is 39.0 Å². The zero-order valence-electron chi connectivity index (χ0n) is 13.6. The molecule has 1 aromatic carbocycles. The number of likely N-dealkylation sites (tertiary alicyclic amines) is 1. The third-order valence-corrected chi connectivity index (χ3v) is 4.12. The number of rotatable bonds is 7. The minimum Gasteiger partial charge on any atom is -0.493 e. The van der Waals surface area contributed by atoms with E-state index in [1.165, 1.54) is 45.3 Å². The summed E-state index contributed by atoms with van der Waals surface area (Å²) in [5.41, 5.74) is 0.572. The maximum Gasteiger partial charge on any atom is 0.338 e. The van der Waals surface area contributed by atoms with Crippen molar-refractivity contribution in [3.8, 4) is 5.75 Å². The first-order valence-corrected chi connectivity index (χ1v) is 8.53. The fourth-order valence-corrected chi connectivity index (χ4v) is 2.89. The Morgan fingerprint density at radius 2 is 1.77 bits per heavy atom. The average Bonchev–Trinajstić information content (AvgIpc) is 2.81. The molecule has 0 atom stereocenters. The Hall–Kier alpha value is -1.55. The Morgan fingerprint density at radius 3 is 2.41 bits per heavy atom. The molecule has 0 bridgehead atoms. The second kappa shape index (κ2) is 9.46. The molecule has 1 fully saturated rings. The van der Waals surface area contributed by atoms with E-state index >= 15 is 0 Å². The maximum absolute atomic E-state index is 11.6. The zero-order chi connectivity index (χ0) is 15.6. The molecule has 2 rings (SSSR count). The number of nitrogens with one attached hydrogen (secondary N) is 1. The highest BCUT2D eigenvalue weighted by molar-refractivity contribution is 5.89. The van der Waals surface area contributed by atoms with Gasteiger partial charge in [-0.05, 0) is 56.9 Å². The lowest BCUT2D eigenvalue weighted by molar-refractivity contribution is -0.899. The molecule has 1 aromatic rings. The van der Waals surface area contributed by atoms with E-state index in [1.807, 2.05) is 19.1 Å². The molecule has 0 radical (unpaired) electrons. The van der Waals surface area contributed by atoms with Gasteiger partial charge in [-0.1, -0.05) is 0 Å². The van der Waals surface area contributed by atoms with Crippen LogP contribution in [0.15, 0.2) is 24.3 Å². The van der Waals surface area contributed by atoms with Crippen LogP contribution in [0.4, 0.5) is 0 Å². The fraction of sp³-hybridized carbons (Fsp3) is 0.611. The number of quaternary nitrogens is 1. The van der Waals surface area contributed by atoms with Crippen LogP contribution in [0.5, 0.6) is 5.75 Å². The average molecular weight is 306 g/mol. The number of benzene rings is 1. The van der Waals surface area contributed by atoms with Crippen LogP contribution in [0, 0.1) is 0 Å². The topological polar surface area (TPSA) is 40.0 Å². The zero-order valence-corrected chi connectivity index (χ0v) is 13.6. The third-order valence-electron chi connectivity index (χ3n) is 4.12. The van der Waals surface area contributed by atoms with Gasteiger partial charge in [0, 0.05) is 6.42 Å². The van der Waals surface area contributed by atoms with Crippen LogP contribution in [-0.2, 0) is 4.74 Å². The van der Waals surface area contributed by atoms with Crippen molar-refractivity contribution in [1.82, 2.24) is 0 Å². The molecule has 0 unspecified atom stereocenters. The number of carbonyl (C=O) groups is 1. The molecular weight excluding hydrogens is 278 g/mol. The molecule has 122 valence electrons. The number of hydrogen-bond donors (Lipinski definition) is 1. The summed E-state index contributed by atoms with van der Waals surface area (Å²) in [6.45, 7) is 6.77. The normalized spacial score (nSPS) is 16.0. The number of hydrogen-bond acceptors (Lipinski definition) is 3. The molecule has 1 aliphatic rings. The lowest BCUT2D eigenvalue weighted by Crippen LogP contribution is -3.11. The highest BCUT2D eigenvalue weighted by Gasteiger charge is 2.11. The fourth-order valence-electron chi connectivity index (χ4n) is 2.89. The van der Waals surface area contributed by atoms with Gasteiger partial charge in [0.05, 0.1) is 38.4 Å². The van der Waals surface area contributed by atoms with Gasteiger partial charge in [0.15, 0.2) is 0 Å². The summed E-state index contributed by atoms with van der Waals surface area (Å²) in [5, 5.41) is 0. The first kappa shape index (κ1) is 16.8. The summed E-state index contributed by atoms with van der Waals surface area (Å²) < 4.78 is 10.7. The van der Waals surface area contributed by atoms with Crippen molar-refractivity contribution < 1.29 is 19.2 Å². The highest BCUT2D eigenvalue weighted by Crippen LogP contribution is 2.13. The van der Waals surface area contributed by atoms with Crippen LogP contribution in [-0.4, -0.2) is 38.8 Å². The van der Waals surface area contributed by atoms with Crippen LogP contribution in [0.25, 0.3) is 0 Å². The Balaban J connectivity index is 1.67. The van der Waals surface area contributed by atoms with Crippen LogP contribution in [0.3, 0.4) is 0 Å². The molecule has 1 aliphatic heterocycles. The second-order valence-electron chi connectivity index (χ2n) is 5.86. The van der Waals surface area contributed by atoms with Gasteiger partial charge in [-0.3, -0.25) is 0 Å². The quantitative estimate of drug-likeness (QED) is 0.619. The Kier molecular flexibility index (Phi) is 7.23. The smallest absolute Gasteiger partial charge is 0.338 e. The summed E-state index contributed by atoms with van der Waals surface area (Å²) in [5.74, 6) is 0.540. The van der Waals surface area contributed by atoms with Crippen molar-refractivity contribution in [2.24, 2.45) is 0 Å². The molecule has 1 N–H and O–H groups in total. The standard InChI is InChI=1S/C18H27NO3/c1-2-21-18(20)16-8-10-17(11-9-16)22-15-7-14-19-12-5-3-4-6-13-19/h8-11H,2-7,12-15H2,1H3/p+1. The predicted octanol–water partition coefficient (Wildman–Crippen LogP) is 2.09. The SMILES string of the molecule is CCOC(=O)c1ccc(OCCC[NH+]2CCCCCC2)cc1. The molecule has 1 heterocycles. The van der Waals surface area contributed by atoms with Gasteiger partial charge in [-0.25, -0.2) is 4.79 Å². The van der Waals surface area contributed by atoms with Gasteiger partial charge in [-0.2, -0.15) is 0 Å². The van der Waals surface area contributed by atoms with E-state index in [0.717, 1.165) is 18.8 Å². The van der Waals surface area contributed by atoms with E-state index < -0.39 is 0 Å². The van der Waals surface area contributed by atoms with E-state index in [1.54, 1.807) is 17.0 Å². The number of esters is 1.